The van der Waals surface area contributed by atoms with Gasteiger partial charge in [-0.1, -0.05) is 6.92 Å². The van der Waals surface area contributed by atoms with Gasteiger partial charge in [0, 0.05) is 4.88 Å². The lowest BCUT2D eigenvalue weighted by molar-refractivity contribution is 0.403. The molecular weight excluding hydrogens is 310 g/mol. The number of anilines is 1. The van der Waals surface area contributed by atoms with E-state index >= 15 is 0 Å². The molecule has 2 rings (SSSR count). The van der Waals surface area contributed by atoms with Gasteiger partial charge in [0.2, 0.25) is 5.09 Å². The average Bonchev–Trinajstić information content (AvgIpc) is 2.98. The van der Waals surface area contributed by atoms with Crippen LogP contribution in [-0.4, -0.2) is 19.9 Å². The number of aryl methyl sites for hydroxylation is 2. The summed E-state index contributed by atoms with van der Waals surface area (Å²) in [5.74, 6) is 0.593. The average molecular weight is 329 g/mol. The number of nitrogens with one attached hydrogen (secondary N) is 2. The van der Waals surface area contributed by atoms with Crippen molar-refractivity contribution in [3.8, 4) is 0 Å². The molecule has 0 aliphatic heterocycles. The predicted octanol–water partition coefficient (Wildman–Crippen LogP) is 2.65. The van der Waals surface area contributed by atoms with Crippen molar-refractivity contribution in [1.82, 2.24) is 10.3 Å². The lowest BCUT2D eigenvalue weighted by atomic mass is 10.4. The molecular formula is C13H19N3O3S2. The Morgan fingerprint density at radius 1 is 1.33 bits per heavy atom. The van der Waals surface area contributed by atoms with E-state index in [9.17, 15) is 8.42 Å². The summed E-state index contributed by atoms with van der Waals surface area (Å²) < 4.78 is 32.2. The number of aromatic nitrogens is 1. The van der Waals surface area contributed by atoms with E-state index < -0.39 is 10.0 Å². The fourth-order valence-electron chi connectivity index (χ4n) is 1.67. The second-order valence-corrected chi connectivity index (χ2v) is 7.48. The summed E-state index contributed by atoms with van der Waals surface area (Å²) >= 11 is 1.30. The molecule has 0 fully saturated rings. The maximum absolute atomic E-state index is 12.2. The van der Waals surface area contributed by atoms with Crippen molar-refractivity contribution in [3.63, 3.8) is 0 Å². The zero-order chi connectivity index (χ0) is 15.5. The molecule has 0 bridgehead atoms. The molecule has 0 saturated carbocycles. The summed E-state index contributed by atoms with van der Waals surface area (Å²) in [6.45, 7) is 7.17. The molecule has 2 N–H and O–H groups in total. The summed E-state index contributed by atoms with van der Waals surface area (Å²) in [4.78, 5) is 5.15. The third kappa shape index (κ3) is 4.05. The van der Waals surface area contributed by atoms with Gasteiger partial charge in [-0.15, -0.1) is 11.3 Å². The fraction of sp³-hybridized carbons (Fsp3) is 0.462. The largest absolute Gasteiger partial charge is 0.446 e. The molecule has 0 aromatic carbocycles. The fourth-order valence-corrected chi connectivity index (χ4v) is 3.67. The highest BCUT2D eigenvalue weighted by molar-refractivity contribution is 7.92. The first-order chi connectivity index (χ1) is 9.92. The summed E-state index contributed by atoms with van der Waals surface area (Å²) in [5.41, 5.74) is 0.821. The molecule has 2 heterocycles. The van der Waals surface area contributed by atoms with Gasteiger partial charge >= 0.3 is 0 Å². The van der Waals surface area contributed by atoms with Gasteiger partial charge in [-0.05, 0) is 38.9 Å². The molecule has 0 aliphatic carbocycles. The topological polar surface area (TPSA) is 84.2 Å². The van der Waals surface area contributed by atoms with E-state index in [1.165, 1.54) is 17.4 Å². The summed E-state index contributed by atoms with van der Waals surface area (Å²) in [5, 5.41) is 3.42. The molecule has 0 unspecified atom stereocenters. The van der Waals surface area contributed by atoms with Gasteiger partial charge in [0.15, 0.2) is 5.13 Å². The number of nitrogens with zero attached hydrogens (tertiary/aromatic N) is 1. The van der Waals surface area contributed by atoms with Crippen LogP contribution in [0.5, 0.6) is 0 Å². The van der Waals surface area contributed by atoms with E-state index in [0.29, 0.717) is 17.4 Å². The molecule has 0 atom stereocenters. The van der Waals surface area contributed by atoms with Crippen molar-refractivity contribution in [2.45, 2.75) is 38.8 Å². The van der Waals surface area contributed by atoms with E-state index in [1.54, 1.807) is 6.07 Å². The molecule has 2 aromatic heterocycles. The number of furan rings is 1. The molecule has 2 aromatic rings. The van der Waals surface area contributed by atoms with Crippen molar-refractivity contribution in [1.29, 1.82) is 0 Å². The van der Waals surface area contributed by atoms with Crippen LogP contribution < -0.4 is 10.0 Å². The highest BCUT2D eigenvalue weighted by Crippen LogP contribution is 2.24. The Labute approximate surface area is 128 Å². The van der Waals surface area contributed by atoms with Gasteiger partial charge < -0.3 is 9.73 Å². The van der Waals surface area contributed by atoms with Gasteiger partial charge in [0.05, 0.1) is 12.2 Å². The molecule has 116 valence electrons. The van der Waals surface area contributed by atoms with E-state index in [4.69, 9.17) is 4.42 Å². The maximum atomic E-state index is 12.2. The van der Waals surface area contributed by atoms with Crippen molar-refractivity contribution in [2.24, 2.45) is 0 Å². The molecule has 0 radical (unpaired) electrons. The second kappa shape index (κ2) is 6.59. The third-order valence-corrected chi connectivity index (χ3v) is 5.21. The van der Waals surface area contributed by atoms with E-state index in [2.05, 4.69) is 21.9 Å². The standard InChI is InChI=1S/C13H19N3O3S2/c1-4-7-14-8-11-5-6-12(19-11)21(17,18)16-13-15-9(2)10(3)20-13/h5-6,14H,4,7-8H2,1-3H3,(H,15,16). The molecule has 0 aliphatic rings. The molecule has 6 nitrogen and oxygen atoms in total. The third-order valence-electron chi connectivity index (χ3n) is 2.88. The van der Waals surface area contributed by atoms with Gasteiger partial charge in [-0.3, -0.25) is 4.72 Å². The van der Waals surface area contributed by atoms with Crippen molar-refractivity contribution < 1.29 is 12.8 Å². The summed E-state index contributed by atoms with van der Waals surface area (Å²) in [6, 6.07) is 3.12. The van der Waals surface area contributed by atoms with Crippen LogP contribution in [0.3, 0.4) is 0 Å². The first-order valence-electron chi connectivity index (χ1n) is 6.68. The Bertz CT molecular complexity index is 685. The normalized spacial score (nSPS) is 11.8. The van der Waals surface area contributed by atoms with Crippen LogP contribution in [0.2, 0.25) is 0 Å². The Morgan fingerprint density at radius 3 is 2.71 bits per heavy atom. The van der Waals surface area contributed by atoms with Crippen LogP contribution >= 0.6 is 11.3 Å². The summed E-state index contributed by atoms with van der Waals surface area (Å²) in [7, 11) is -3.72. The SMILES string of the molecule is CCCNCc1ccc(S(=O)(=O)Nc2nc(C)c(C)s2)o1. The van der Waals surface area contributed by atoms with Crippen LogP contribution in [0.4, 0.5) is 5.13 Å². The van der Waals surface area contributed by atoms with Gasteiger partial charge in [-0.2, -0.15) is 8.42 Å². The Hall–Kier alpha value is -1.38. The van der Waals surface area contributed by atoms with Crippen LogP contribution in [0, 0.1) is 13.8 Å². The van der Waals surface area contributed by atoms with Gasteiger partial charge in [-0.25, -0.2) is 4.98 Å². The summed E-state index contributed by atoms with van der Waals surface area (Å²) in [6.07, 6.45) is 1.01. The minimum Gasteiger partial charge on any atom is -0.446 e. The van der Waals surface area contributed by atoms with Crippen LogP contribution in [0.25, 0.3) is 0 Å². The first kappa shape index (κ1) is 16.0. The highest BCUT2D eigenvalue weighted by Gasteiger charge is 2.20. The minimum atomic E-state index is -3.72. The Balaban J connectivity index is 2.08. The number of sulfonamides is 1. The molecule has 8 heteroatoms. The van der Waals surface area contributed by atoms with Crippen molar-refractivity contribution >= 4 is 26.5 Å². The van der Waals surface area contributed by atoms with Crippen molar-refractivity contribution in [3.05, 3.63) is 28.5 Å². The lowest BCUT2D eigenvalue weighted by Crippen LogP contribution is -2.14. The van der Waals surface area contributed by atoms with E-state index in [0.717, 1.165) is 23.5 Å². The molecule has 21 heavy (non-hydrogen) atoms. The smallest absolute Gasteiger partial charge is 0.297 e. The lowest BCUT2D eigenvalue weighted by Gasteiger charge is -2.02. The quantitative estimate of drug-likeness (QED) is 0.763. The number of rotatable bonds is 7. The van der Waals surface area contributed by atoms with Crippen LogP contribution in [-0.2, 0) is 16.6 Å². The maximum Gasteiger partial charge on any atom is 0.297 e. The van der Waals surface area contributed by atoms with Gasteiger partial charge in [0.1, 0.15) is 5.76 Å². The number of thiazole rings is 1. The zero-order valence-electron chi connectivity index (χ0n) is 12.3. The zero-order valence-corrected chi connectivity index (χ0v) is 13.9. The molecule has 0 saturated heterocycles. The first-order valence-corrected chi connectivity index (χ1v) is 8.98. The van der Waals surface area contributed by atoms with E-state index in [-0.39, 0.29) is 5.09 Å². The second-order valence-electron chi connectivity index (χ2n) is 4.66. The Kier molecular flexibility index (Phi) is 5.02. The minimum absolute atomic E-state index is 0.0960. The monoisotopic (exact) mass is 329 g/mol. The predicted molar refractivity (Wildman–Crippen MR) is 83.1 cm³/mol. The van der Waals surface area contributed by atoms with E-state index in [1.807, 2.05) is 13.8 Å². The Morgan fingerprint density at radius 2 is 2.10 bits per heavy atom. The van der Waals surface area contributed by atoms with Crippen molar-refractivity contribution in [2.75, 3.05) is 11.3 Å². The van der Waals surface area contributed by atoms with Gasteiger partial charge in [0.25, 0.3) is 10.0 Å². The highest BCUT2D eigenvalue weighted by atomic mass is 32.2. The van der Waals surface area contributed by atoms with Crippen LogP contribution in [0.15, 0.2) is 21.6 Å². The molecule has 0 spiro atoms. The number of hydrogen-bond acceptors (Lipinski definition) is 6. The molecule has 0 amide bonds. The number of hydrogen-bond donors (Lipinski definition) is 2. The van der Waals surface area contributed by atoms with Crippen LogP contribution in [0.1, 0.15) is 29.7 Å².